The molecule has 0 aliphatic carbocycles. The number of likely N-dealkylation sites (tertiary alicyclic amines) is 1. The van der Waals surface area contributed by atoms with E-state index in [1.54, 1.807) is 12.3 Å². The molecule has 0 spiro atoms. The summed E-state index contributed by atoms with van der Waals surface area (Å²) in [6.07, 6.45) is 3.82. The Balaban J connectivity index is 1.78. The van der Waals surface area contributed by atoms with Gasteiger partial charge in [0.05, 0.1) is 0 Å². The van der Waals surface area contributed by atoms with Crippen LogP contribution in [0.15, 0.2) is 42.6 Å². The predicted molar refractivity (Wildman–Crippen MR) is 96.1 cm³/mol. The Morgan fingerprint density at radius 2 is 1.96 bits per heavy atom. The van der Waals surface area contributed by atoms with Crippen LogP contribution in [-0.2, 0) is 0 Å². The number of rotatable bonds is 5. The Morgan fingerprint density at radius 1 is 1.24 bits per heavy atom. The highest BCUT2D eigenvalue weighted by Gasteiger charge is 2.35. The molecule has 0 unspecified atom stereocenters. The van der Waals surface area contributed by atoms with Gasteiger partial charge in [-0.05, 0) is 32.4 Å². The third kappa shape index (κ3) is 4.21. The van der Waals surface area contributed by atoms with E-state index in [4.69, 9.17) is 0 Å². The lowest BCUT2D eigenvalue weighted by molar-refractivity contribution is 0.0773. The molecule has 2 heterocycles. The summed E-state index contributed by atoms with van der Waals surface area (Å²) in [6.45, 7) is 1.86. The van der Waals surface area contributed by atoms with Gasteiger partial charge in [-0.15, -0.1) is 0 Å². The average Bonchev–Trinajstić information content (AvgIpc) is 2.65. The normalized spacial score (nSPS) is 17.2. The van der Waals surface area contributed by atoms with Crippen molar-refractivity contribution >= 4 is 5.91 Å². The van der Waals surface area contributed by atoms with Crippen molar-refractivity contribution in [2.45, 2.75) is 24.8 Å². The van der Waals surface area contributed by atoms with Crippen molar-refractivity contribution in [1.82, 2.24) is 20.2 Å². The van der Waals surface area contributed by atoms with Crippen molar-refractivity contribution in [2.24, 2.45) is 0 Å². The topological polar surface area (TPSA) is 78.4 Å². The van der Waals surface area contributed by atoms with Crippen molar-refractivity contribution in [3.8, 4) is 11.4 Å². The van der Waals surface area contributed by atoms with E-state index in [1.807, 2.05) is 30.3 Å². The third-order valence-electron chi connectivity index (χ3n) is 4.83. The highest BCUT2D eigenvalue weighted by Crippen LogP contribution is 2.25. The maximum atomic E-state index is 12.8. The molecule has 1 aliphatic heterocycles. The molecule has 1 amide bonds. The SMILES string of the molecule is CN1CCC(CCO)(NC(=O)c2ccnc(-c3ccccc3)n2)CC1. The van der Waals surface area contributed by atoms with Crippen LogP contribution in [0.3, 0.4) is 0 Å². The summed E-state index contributed by atoms with van der Waals surface area (Å²) >= 11 is 0. The second-order valence-electron chi connectivity index (χ2n) is 6.64. The van der Waals surface area contributed by atoms with Gasteiger partial charge in [-0.3, -0.25) is 4.79 Å². The van der Waals surface area contributed by atoms with Crippen molar-refractivity contribution in [2.75, 3.05) is 26.7 Å². The van der Waals surface area contributed by atoms with Gasteiger partial charge >= 0.3 is 0 Å². The standard InChI is InChI=1S/C19H24N4O2/c1-23-12-8-19(9-13-23,10-14-24)22-18(25)16-7-11-20-17(21-16)15-5-3-2-4-6-15/h2-7,11,24H,8-10,12-14H2,1H3,(H,22,25). The second-order valence-corrected chi connectivity index (χ2v) is 6.64. The first kappa shape index (κ1) is 17.5. The quantitative estimate of drug-likeness (QED) is 0.866. The van der Waals surface area contributed by atoms with E-state index in [2.05, 4.69) is 27.2 Å². The number of piperidine rings is 1. The summed E-state index contributed by atoms with van der Waals surface area (Å²) in [4.78, 5) is 23.7. The van der Waals surface area contributed by atoms with E-state index >= 15 is 0 Å². The highest BCUT2D eigenvalue weighted by atomic mass is 16.3. The van der Waals surface area contributed by atoms with Crippen LogP contribution in [0, 0.1) is 0 Å². The average molecular weight is 340 g/mol. The van der Waals surface area contributed by atoms with Crippen LogP contribution in [0.2, 0.25) is 0 Å². The number of aliphatic hydroxyl groups is 1. The Kier molecular flexibility index (Phi) is 5.40. The van der Waals surface area contributed by atoms with Crippen LogP contribution in [0.1, 0.15) is 29.8 Å². The summed E-state index contributed by atoms with van der Waals surface area (Å²) < 4.78 is 0. The van der Waals surface area contributed by atoms with E-state index in [-0.39, 0.29) is 18.1 Å². The molecule has 0 saturated carbocycles. The van der Waals surface area contributed by atoms with E-state index in [0.29, 0.717) is 17.9 Å². The zero-order valence-corrected chi connectivity index (χ0v) is 14.5. The van der Waals surface area contributed by atoms with Crippen molar-refractivity contribution in [3.63, 3.8) is 0 Å². The fraction of sp³-hybridized carbons (Fsp3) is 0.421. The van der Waals surface area contributed by atoms with Crippen LogP contribution in [0.25, 0.3) is 11.4 Å². The van der Waals surface area contributed by atoms with Gasteiger partial charge < -0.3 is 15.3 Å². The van der Waals surface area contributed by atoms with Gasteiger partial charge in [-0.25, -0.2) is 9.97 Å². The second kappa shape index (κ2) is 7.72. The smallest absolute Gasteiger partial charge is 0.270 e. The van der Waals surface area contributed by atoms with Gasteiger partial charge in [-0.1, -0.05) is 30.3 Å². The number of aromatic nitrogens is 2. The number of aliphatic hydroxyl groups excluding tert-OH is 1. The number of nitrogens with one attached hydrogen (secondary N) is 1. The van der Waals surface area contributed by atoms with Crippen molar-refractivity contribution in [1.29, 1.82) is 0 Å². The minimum atomic E-state index is -0.365. The molecular weight excluding hydrogens is 316 g/mol. The molecule has 1 fully saturated rings. The molecule has 2 N–H and O–H groups in total. The number of benzene rings is 1. The molecule has 1 aliphatic rings. The van der Waals surface area contributed by atoms with Crippen LogP contribution < -0.4 is 5.32 Å². The summed E-state index contributed by atoms with van der Waals surface area (Å²) in [5.74, 6) is 0.324. The molecule has 132 valence electrons. The lowest BCUT2D eigenvalue weighted by atomic mass is 9.84. The van der Waals surface area contributed by atoms with Crippen LogP contribution in [0.4, 0.5) is 0 Å². The molecule has 6 heteroatoms. The summed E-state index contributed by atoms with van der Waals surface area (Å²) in [5, 5.41) is 12.6. The molecule has 0 bridgehead atoms. The maximum Gasteiger partial charge on any atom is 0.270 e. The number of amides is 1. The maximum absolute atomic E-state index is 12.8. The Labute approximate surface area is 147 Å². The minimum Gasteiger partial charge on any atom is -0.396 e. The van der Waals surface area contributed by atoms with Crippen molar-refractivity contribution < 1.29 is 9.90 Å². The number of nitrogens with zero attached hydrogens (tertiary/aromatic N) is 3. The molecule has 1 saturated heterocycles. The van der Waals surface area contributed by atoms with Crippen LogP contribution in [0.5, 0.6) is 0 Å². The predicted octanol–water partition coefficient (Wildman–Crippen LogP) is 1.72. The monoisotopic (exact) mass is 340 g/mol. The third-order valence-corrected chi connectivity index (χ3v) is 4.83. The molecular formula is C19H24N4O2. The zero-order chi connectivity index (χ0) is 17.7. The molecule has 6 nitrogen and oxygen atoms in total. The molecule has 1 aromatic heterocycles. The van der Waals surface area contributed by atoms with E-state index in [1.165, 1.54) is 0 Å². The first-order valence-electron chi connectivity index (χ1n) is 8.62. The first-order valence-corrected chi connectivity index (χ1v) is 8.62. The summed E-state index contributed by atoms with van der Waals surface area (Å²) in [5.41, 5.74) is 0.863. The first-order chi connectivity index (χ1) is 12.1. The van der Waals surface area contributed by atoms with Gasteiger partial charge in [-0.2, -0.15) is 0 Å². The fourth-order valence-corrected chi connectivity index (χ4v) is 3.21. The summed E-state index contributed by atoms with van der Waals surface area (Å²) in [6, 6.07) is 11.2. The molecule has 3 rings (SSSR count). The number of carbonyl (C=O) groups is 1. The highest BCUT2D eigenvalue weighted by molar-refractivity contribution is 5.93. The van der Waals surface area contributed by atoms with Gasteiger partial charge in [0.2, 0.25) is 0 Å². The van der Waals surface area contributed by atoms with Crippen LogP contribution >= 0.6 is 0 Å². The van der Waals surface area contributed by atoms with Gasteiger partial charge in [0.1, 0.15) is 5.69 Å². The molecule has 2 aromatic rings. The Morgan fingerprint density at radius 3 is 2.64 bits per heavy atom. The van der Waals surface area contributed by atoms with E-state index in [0.717, 1.165) is 31.5 Å². The van der Waals surface area contributed by atoms with Gasteiger partial charge in [0, 0.05) is 37.0 Å². The fourth-order valence-electron chi connectivity index (χ4n) is 3.21. The lowest BCUT2D eigenvalue weighted by Crippen LogP contribution is -2.55. The minimum absolute atomic E-state index is 0.0586. The molecule has 25 heavy (non-hydrogen) atoms. The molecule has 0 radical (unpaired) electrons. The number of carbonyl (C=O) groups excluding carboxylic acids is 1. The van der Waals surface area contributed by atoms with E-state index in [9.17, 15) is 9.90 Å². The molecule has 0 atom stereocenters. The Bertz CT molecular complexity index is 712. The van der Waals surface area contributed by atoms with Crippen molar-refractivity contribution in [3.05, 3.63) is 48.3 Å². The largest absolute Gasteiger partial charge is 0.396 e. The lowest BCUT2D eigenvalue weighted by Gasteiger charge is -2.41. The Hall–Kier alpha value is -2.31. The van der Waals surface area contributed by atoms with Gasteiger partial charge in [0.25, 0.3) is 5.91 Å². The van der Waals surface area contributed by atoms with Gasteiger partial charge in [0.15, 0.2) is 5.82 Å². The number of hydrogen-bond acceptors (Lipinski definition) is 5. The molecule has 1 aromatic carbocycles. The number of hydrogen-bond donors (Lipinski definition) is 2. The summed E-state index contributed by atoms with van der Waals surface area (Å²) in [7, 11) is 2.07. The van der Waals surface area contributed by atoms with E-state index < -0.39 is 0 Å². The zero-order valence-electron chi connectivity index (χ0n) is 14.5. The van der Waals surface area contributed by atoms with Crippen LogP contribution in [-0.4, -0.2) is 58.2 Å².